The summed E-state index contributed by atoms with van der Waals surface area (Å²) in [5, 5.41) is 7.50. The molecule has 0 unspecified atom stereocenters. The van der Waals surface area contributed by atoms with Gasteiger partial charge in [-0.2, -0.15) is 0 Å². The van der Waals surface area contributed by atoms with E-state index in [0.29, 0.717) is 0 Å². The first kappa shape index (κ1) is 10.2. The predicted molar refractivity (Wildman–Crippen MR) is 65.3 cm³/mol. The van der Waals surface area contributed by atoms with Crippen LogP contribution in [0.3, 0.4) is 0 Å². The van der Waals surface area contributed by atoms with Gasteiger partial charge in [-0.05, 0) is 18.6 Å². The van der Waals surface area contributed by atoms with Gasteiger partial charge in [0.1, 0.15) is 17.1 Å². The third kappa shape index (κ3) is 1.75. The average Bonchev–Trinajstić information content (AvgIpc) is 2.82. The smallest absolute Gasteiger partial charge is 0.160 e. The molecule has 0 saturated heterocycles. The zero-order valence-corrected chi connectivity index (χ0v) is 9.69. The molecular weight excluding hydrogens is 216 g/mol. The Morgan fingerprint density at radius 2 is 2.35 bits per heavy atom. The minimum Gasteiger partial charge on any atom is -0.497 e. The number of hydrogen-bond donors (Lipinski definition) is 1. The van der Waals surface area contributed by atoms with Gasteiger partial charge in [0.2, 0.25) is 0 Å². The highest BCUT2D eigenvalue weighted by molar-refractivity contribution is 5.76. The normalized spacial score (nSPS) is 13.9. The van der Waals surface area contributed by atoms with Crippen molar-refractivity contribution in [2.45, 2.75) is 12.8 Å². The largest absolute Gasteiger partial charge is 0.497 e. The molecule has 4 heteroatoms. The Balaban J connectivity index is 2.05. The van der Waals surface area contributed by atoms with Crippen LogP contribution < -0.4 is 10.1 Å². The highest BCUT2D eigenvalue weighted by Gasteiger charge is 2.20. The molecule has 1 aliphatic heterocycles. The van der Waals surface area contributed by atoms with Gasteiger partial charge >= 0.3 is 0 Å². The summed E-state index contributed by atoms with van der Waals surface area (Å²) < 4.78 is 10.6. The number of aromatic nitrogens is 1. The van der Waals surface area contributed by atoms with Crippen LogP contribution >= 0.6 is 0 Å². The number of ether oxygens (including phenoxy) is 1. The van der Waals surface area contributed by atoms with Gasteiger partial charge in [-0.15, -0.1) is 0 Å². The Hall–Kier alpha value is -1.97. The van der Waals surface area contributed by atoms with Crippen LogP contribution in [0.1, 0.15) is 12.2 Å². The van der Waals surface area contributed by atoms with E-state index in [-0.39, 0.29) is 0 Å². The summed E-state index contributed by atoms with van der Waals surface area (Å²) in [5.41, 5.74) is 2.92. The van der Waals surface area contributed by atoms with Crippen molar-refractivity contribution in [2.75, 3.05) is 19.0 Å². The maximum absolute atomic E-state index is 5.36. The van der Waals surface area contributed by atoms with Gasteiger partial charge in [0.05, 0.1) is 7.11 Å². The van der Waals surface area contributed by atoms with Crippen LogP contribution in [0.4, 0.5) is 5.69 Å². The molecule has 0 atom stereocenters. The summed E-state index contributed by atoms with van der Waals surface area (Å²) in [4.78, 5) is 0. The molecule has 0 amide bonds. The molecule has 1 aromatic carbocycles. The number of fused-ring (bicyclic) bond motifs is 1. The van der Waals surface area contributed by atoms with Crippen molar-refractivity contribution in [3.63, 3.8) is 0 Å². The number of aryl methyl sites for hydroxylation is 1. The highest BCUT2D eigenvalue weighted by Crippen LogP contribution is 2.34. The zero-order chi connectivity index (χ0) is 11.7. The minimum atomic E-state index is 0.829. The number of benzene rings is 1. The summed E-state index contributed by atoms with van der Waals surface area (Å²) in [7, 11) is 1.66. The highest BCUT2D eigenvalue weighted by atomic mass is 16.5. The molecule has 17 heavy (non-hydrogen) atoms. The van der Waals surface area contributed by atoms with Crippen molar-refractivity contribution in [2.24, 2.45) is 0 Å². The number of nitrogens with one attached hydrogen (secondary N) is 1. The minimum absolute atomic E-state index is 0.829. The molecule has 0 radical (unpaired) electrons. The topological polar surface area (TPSA) is 47.3 Å². The molecule has 88 valence electrons. The quantitative estimate of drug-likeness (QED) is 0.861. The molecule has 0 saturated carbocycles. The van der Waals surface area contributed by atoms with Crippen molar-refractivity contribution in [1.82, 2.24) is 5.16 Å². The average molecular weight is 230 g/mol. The van der Waals surface area contributed by atoms with E-state index < -0.39 is 0 Å². The van der Waals surface area contributed by atoms with E-state index in [1.54, 1.807) is 7.11 Å². The van der Waals surface area contributed by atoms with E-state index in [9.17, 15) is 0 Å². The number of methoxy groups -OCH3 is 1. The summed E-state index contributed by atoms with van der Waals surface area (Å²) >= 11 is 0. The number of hydrogen-bond acceptors (Lipinski definition) is 4. The van der Waals surface area contributed by atoms with Gasteiger partial charge in [0.25, 0.3) is 0 Å². The van der Waals surface area contributed by atoms with E-state index in [0.717, 1.165) is 47.8 Å². The Morgan fingerprint density at radius 1 is 1.41 bits per heavy atom. The Bertz CT molecular complexity index is 534. The third-order valence-corrected chi connectivity index (χ3v) is 2.99. The van der Waals surface area contributed by atoms with Crippen LogP contribution in [0.25, 0.3) is 11.3 Å². The molecule has 4 nitrogen and oxygen atoms in total. The maximum Gasteiger partial charge on any atom is 0.160 e. The fraction of sp³-hybridized carbons (Fsp3) is 0.308. The molecule has 2 aromatic rings. The van der Waals surface area contributed by atoms with E-state index in [2.05, 4.69) is 10.5 Å². The maximum atomic E-state index is 5.36. The summed E-state index contributed by atoms with van der Waals surface area (Å²) in [5.74, 6) is 1.78. The van der Waals surface area contributed by atoms with Crippen molar-refractivity contribution < 1.29 is 9.26 Å². The van der Waals surface area contributed by atoms with Crippen molar-refractivity contribution in [1.29, 1.82) is 0 Å². The van der Waals surface area contributed by atoms with Gasteiger partial charge in [0, 0.05) is 18.5 Å². The second kappa shape index (κ2) is 4.13. The number of rotatable bonds is 2. The van der Waals surface area contributed by atoms with Crippen LogP contribution in [0.2, 0.25) is 0 Å². The molecule has 0 fully saturated rings. The van der Waals surface area contributed by atoms with Crippen LogP contribution in [-0.2, 0) is 6.42 Å². The molecule has 1 aliphatic rings. The number of nitrogens with zero attached hydrogens (tertiary/aromatic N) is 1. The monoisotopic (exact) mass is 230 g/mol. The predicted octanol–water partition coefficient (Wildman–Crippen LogP) is 2.71. The van der Waals surface area contributed by atoms with Crippen LogP contribution in [-0.4, -0.2) is 18.8 Å². The molecule has 0 spiro atoms. The van der Waals surface area contributed by atoms with Gasteiger partial charge in [-0.25, -0.2) is 0 Å². The van der Waals surface area contributed by atoms with E-state index >= 15 is 0 Å². The lowest BCUT2D eigenvalue weighted by molar-refractivity contribution is 0.382. The second-order valence-electron chi connectivity index (χ2n) is 4.09. The Kier molecular flexibility index (Phi) is 2.48. The second-order valence-corrected chi connectivity index (χ2v) is 4.09. The Morgan fingerprint density at radius 3 is 3.24 bits per heavy atom. The fourth-order valence-electron chi connectivity index (χ4n) is 2.11. The van der Waals surface area contributed by atoms with E-state index in [4.69, 9.17) is 9.26 Å². The summed E-state index contributed by atoms with van der Waals surface area (Å²) in [6.07, 6.45) is 2.05. The molecule has 1 aromatic heterocycles. The number of anilines is 1. The summed E-state index contributed by atoms with van der Waals surface area (Å²) in [6, 6.07) is 7.85. The Labute approximate surface area is 99.6 Å². The van der Waals surface area contributed by atoms with Gasteiger partial charge in [0.15, 0.2) is 5.76 Å². The van der Waals surface area contributed by atoms with Gasteiger partial charge in [-0.3, -0.25) is 0 Å². The van der Waals surface area contributed by atoms with Crippen LogP contribution in [0, 0.1) is 0 Å². The van der Waals surface area contributed by atoms with Gasteiger partial charge in [-0.1, -0.05) is 17.3 Å². The molecule has 2 heterocycles. The van der Waals surface area contributed by atoms with Crippen LogP contribution in [0.5, 0.6) is 5.75 Å². The van der Waals surface area contributed by atoms with E-state index in [1.807, 2.05) is 24.3 Å². The standard InChI is InChI=1S/C13H14N2O2/c1-16-10-5-2-4-9(8-10)12-13-11(17-15-12)6-3-7-14-13/h2,4-5,8,14H,3,6-7H2,1H3. The lowest BCUT2D eigenvalue weighted by atomic mass is 10.1. The molecule has 0 bridgehead atoms. The molecular formula is C13H14N2O2. The van der Waals surface area contributed by atoms with E-state index in [1.165, 1.54) is 0 Å². The molecule has 3 rings (SSSR count). The van der Waals surface area contributed by atoms with Crippen LogP contribution in [0.15, 0.2) is 28.8 Å². The molecule has 0 aliphatic carbocycles. The molecule has 1 N–H and O–H groups in total. The lowest BCUT2D eigenvalue weighted by Gasteiger charge is -2.12. The third-order valence-electron chi connectivity index (χ3n) is 2.99. The first-order valence-electron chi connectivity index (χ1n) is 5.75. The lowest BCUT2D eigenvalue weighted by Crippen LogP contribution is -2.10. The SMILES string of the molecule is COc1cccc(-c2noc3c2NCCC3)c1. The van der Waals surface area contributed by atoms with Crippen molar-refractivity contribution in [3.8, 4) is 17.0 Å². The first-order valence-corrected chi connectivity index (χ1v) is 5.75. The van der Waals surface area contributed by atoms with Crippen molar-refractivity contribution >= 4 is 5.69 Å². The fourth-order valence-corrected chi connectivity index (χ4v) is 2.11. The first-order chi connectivity index (χ1) is 8.38. The zero-order valence-electron chi connectivity index (χ0n) is 9.69. The van der Waals surface area contributed by atoms with Crippen molar-refractivity contribution in [3.05, 3.63) is 30.0 Å². The van der Waals surface area contributed by atoms with Gasteiger partial charge < -0.3 is 14.6 Å². The summed E-state index contributed by atoms with van der Waals surface area (Å²) in [6.45, 7) is 0.977.